The van der Waals surface area contributed by atoms with Crippen molar-refractivity contribution in [2.24, 2.45) is 0 Å². The van der Waals surface area contributed by atoms with Crippen molar-refractivity contribution < 1.29 is 19.0 Å². The molecule has 0 saturated heterocycles. The van der Waals surface area contributed by atoms with Gasteiger partial charge in [0.25, 0.3) is 5.91 Å². The van der Waals surface area contributed by atoms with Crippen LogP contribution in [0, 0.1) is 6.92 Å². The van der Waals surface area contributed by atoms with Gasteiger partial charge in [-0.05, 0) is 46.5 Å². The number of aryl methyl sites for hydroxylation is 2. The SMILES string of the molecule is CCc1cccc(C)c1NC(=O)c1cc(OC)c(OC)c(OC)c1Br. The van der Waals surface area contributed by atoms with E-state index in [-0.39, 0.29) is 5.91 Å². The van der Waals surface area contributed by atoms with Crippen LogP contribution in [-0.2, 0) is 6.42 Å². The number of methoxy groups -OCH3 is 3. The van der Waals surface area contributed by atoms with Gasteiger partial charge in [-0.3, -0.25) is 4.79 Å². The Kier molecular flexibility index (Phi) is 6.31. The van der Waals surface area contributed by atoms with E-state index in [9.17, 15) is 4.79 Å². The van der Waals surface area contributed by atoms with Crippen LogP contribution >= 0.6 is 15.9 Å². The Morgan fingerprint density at radius 3 is 2.36 bits per heavy atom. The van der Waals surface area contributed by atoms with E-state index in [1.165, 1.54) is 21.3 Å². The Hall–Kier alpha value is -2.21. The molecule has 2 rings (SSSR count). The van der Waals surface area contributed by atoms with Crippen LogP contribution in [0.2, 0.25) is 0 Å². The number of carbonyl (C=O) groups is 1. The summed E-state index contributed by atoms with van der Waals surface area (Å²) in [6.07, 6.45) is 0.827. The zero-order valence-corrected chi connectivity index (χ0v) is 16.6. The number of nitrogens with one attached hydrogen (secondary N) is 1. The largest absolute Gasteiger partial charge is 0.493 e. The molecule has 134 valence electrons. The van der Waals surface area contributed by atoms with Gasteiger partial charge in [0, 0.05) is 5.69 Å². The molecule has 0 aromatic heterocycles. The van der Waals surface area contributed by atoms with Gasteiger partial charge in [-0.15, -0.1) is 0 Å². The van der Waals surface area contributed by atoms with Crippen LogP contribution in [0.25, 0.3) is 0 Å². The Labute approximate surface area is 156 Å². The lowest BCUT2D eigenvalue weighted by molar-refractivity contribution is 0.102. The van der Waals surface area contributed by atoms with Gasteiger partial charge >= 0.3 is 0 Å². The molecule has 2 aromatic carbocycles. The minimum Gasteiger partial charge on any atom is -0.493 e. The third-order valence-electron chi connectivity index (χ3n) is 3.99. The number of ether oxygens (including phenoxy) is 3. The lowest BCUT2D eigenvalue weighted by Gasteiger charge is -2.18. The average Bonchev–Trinajstić information content (AvgIpc) is 2.62. The molecule has 0 unspecified atom stereocenters. The molecule has 6 heteroatoms. The maximum Gasteiger partial charge on any atom is 0.257 e. The number of hydrogen-bond donors (Lipinski definition) is 1. The fraction of sp³-hybridized carbons (Fsp3) is 0.316. The molecule has 0 aliphatic rings. The van der Waals surface area contributed by atoms with Crippen molar-refractivity contribution in [3.05, 3.63) is 45.4 Å². The summed E-state index contributed by atoms with van der Waals surface area (Å²) < 4.78 is 16.6. The molecule has 5 nitrogen and oxygen atoms in total. The predicted molar refractivity (Wildman–Crippen MR) is 102 cm³/mol. The zero-order valence-electron chi connectivity index (χ0n) is 15.0. The molecule has 1 amide bonds. The van der Waals surface area contributed by atoms with E-state index in [0.717, 1.165) is 23.2 Å². The molecule has 0 fully saturated rings. The summed E-state index contributed by atoms with van der Waals surface area (Å²) in [5.74, 6) is 1.01. The van der Waals surface area contributed by atoms with Gasteiger partial charge in [0.05, 0.1) is 31.4 Å². The highest BCUT2D eigenvalue weighted by Crippen LogP contribution is 2.45. The van der Waals surface area contributed by atoms with Crippen LogP contribution in [0.3, 0.4) is 0 Å². The Balaban J connectivity index is 2.50. The summed E-state index contributed by atoms with van der Waals surface area (Å²) in [5.41, 5.74) is 3.32. The van der Waals surface area contributed by atoms with E-state index in [4.69, 9.17) is 14.2 Å². The minimum atomic E-state index is -0.255. The highest BCUT2D eigenvalue weighted by Gasteiger charge is 2.23. The summed E-state index contributed by atoms with van der Waals surface area (Å²) in [7, 11) is 4.55. The lowest BCUT2D eigenvalue weighted by atomic mass is 10.1. The number of hydrogen-bond acceptors (Lipinski definition) is 4. The standard InChI is InChI=1S/C19H22BrNO4/c1-6-12-9-7-8-11(2)16(12)21-19(22)13-10-14(23-3)17(24-4)18(25-5)15(13)20/h7-10H,6H2,1-5H3,(H,21,22). The summed E-state index contributed by atoms with van der Waals surface area (Å²) >= 11 is 3.44. The third kappa shape index (κ3) is 3.74. The number of anilines is 1. The van der Waals surface area contributed by atoms with Crippen molar-refractivity contribution in [2.45, 2.75) is 20.3 Å². The van der Waals surface area contributed by atoms with Crippen molar-refractivity contribution in [3.8, 4) is 17.2 Å². The van der Waals surface area contributed by atoms with Crippen molar-refractivity contribution in [1.29, 1.82) is 0 Å². The number of rotatable bonds is 6. The maximum absolute atomic E-state index is 12.9. The molecule has 0 heterocycles. The van der Waals surface area contributed by atoms with Gasteiger partial charge in [0.2, 0.25) is 5.75 Å². The number of carbonyl (C=O) groups excluding carboxylic acids is 1. The number of benzene rings is 2. The van der Waals surface area contributed by atoms with Crippen LogP contribution < -0.4 is 19.5 Å². The zero-order chi connectivity index (χ0) is 18.6. The fourth-order valence-corrected chi connectivity index (χ4v) is 3.31. The van der Waals surface area contributed by atoms with E-state index in [2.05, 4.69) is 28.2 Å². The topological polar surface area (TPSA) is 56.8 Å². The molecule has 0 aliphatic heterocycles. The summed E-state index contributed by atoms with van der Waals surface area (Å²) in [4.78, 5) is 12.9. The molecule has 0 aliphatic carbocycles. The summed E-state index contributed by atoms with van der Waals surface area (Å²) in [6.45, 7) is 4.03. The molecule has 2 aromatic rings. The molecular weight excluding hydrogens is 386 g/mol. The van der Waals surface area contributed by atoms with Gasteiger partial charge in [-0.2, -0.15) is 0 Å². The van der Waals surface area contributed by atoms with E-state index >= 15 is 0 Å². The quantitative estimate of drug-likeness (QED) is 0.759. The Morgan fingerprint density at radius 1 is 1.12 bits per heavy atom. The lowest BCUT2D eigenvalue weighted by Crippen LogP contribution is -2.15. The molecule has 0 radical (unpaired) electrons. The minimum absolute atomic E-state index is 0.255. The number of para-hydroxylation sites is 1. The first kappa shape index (κ1) is 19.1. The molecule has 0 spiro atoms. The van der Waals surface area contributed by atoms with Crippen molar-refractivity contribution in [1.82, 2.24) is 0 Å². The van der Waals surface area contributed by atoms with Crippen molar-refractivity contribution >= 4 is 27.5 Å². The van der Waals surface area contributed by atoms with Crippen LogP contribution in [0.15, 0.2) is 28.7 Å². The Bertz CT molecular complexity index is 789. The van der Waals surface area contributed by atoms with Crippen LogP contribution in [0.5, 0.6) is 17.2 Å². The van der Waals surface area contributed by atoms with Gasteiger partial charge in [-0.1, -0.05) is 25.1 Å². The second-order valence-electron chi connectivity index (χ2n) is 5.42. The van der Waals surface area contributed by atoms with Crippen LogP contribution in [-0.4, -0.2) is 27.2 Å². The first-order chi connectivity index (χ1) is 12.0. The van der Waals surface area contributed by atoms with Crippen molar-refractivity contribution in [2.75, 3.05) is 26.6 Å². The Morgan fingerprint density at radius 2 is 1.80 bits per heavy atom. The normalized spacial score (nSPS) is 10.3. The second-order valence-corrected chi connectivity index (χ2v) is 6.22. The molecule has 25 heavy (non-hydrogen) atoms. The molecule has 0 atom stereocenters. The van der Waals surface area contributed by atoms with Gasteiger partial charge in [0.15, 0.2) is 11.5 Å². The smallest absolute Gasteiger partial charge is 0.257 e. The molecule has 0 saturated carbocycles. The van der Waals surface area contributed by atoms with E-state index in [0.29, 0.717) is 27.3 Å². The molecule has 0 bridgehead atoms. The summed E-state index contributed by atoms with van der Waals surface area (Å²) in [5, 5.41) is 3.01. The number of halogens is 1. The highest BCUT2D eigenvalue weighted by atomic mass is 79.9. The number of amides is 1. The monoisotopic (exact) mass is 407 g/mol. The summed E-state index contributed by atoms with van der Waals surface area (Å²) in [6, 6.07) is 7.59. The molecular formula is C19H22BrNO4. The van der Waals surface area contributed by atoms with E-state index in [1.807, 2.05) is 25.1 Å². The predicted octanol–water partition coefficient (Wildman–Crippen LogP) is 4.60. The van der Waals surface area contributed by atoms with Gasteiger partial charge in [-0.25, -0.2) is 0 Å². The average molecular weight is 408 g/mol. The highest BCUT2D eigenvalue weighted by molar-refractivity contribution is 9.10. The maximum atomic E-state index is 12.9. The van der Waals surface area contributed by atoms with E-state index in [1.54, 1.807) is 6.07 Å². The first-order valence-corrected chi connectivity index (χ1v) is 8.66. The second kappa shape index (κ2) is 8.25. The van der Waals surface area contributed by atoms with E-state index < -0.39 is 0 Å². The van der Waals surface area contributed by atoms with Crippen LogP contribution in [0.1, 0.15) is 28.4 Å². The van der Waals surface area contributed by atoms with Gasteiger partial charge < -0.3 is 19.5 Å². The van der Waals surface area contributed by atoms with Crippen LogP contribution in [0.4, 0.5) is 5.69 Å². The third-order valence-corrected chi connectivity index (χ3v) is 4.78. The fourth-order valence-electron chi connectivity index (χ4n) is 2.67. The van der Waals surface area contributed by atoms with Gasteiger partial charge in [0.1, 0.15) is 0 Å². The first-order valence-electron chi connectivity index (χ1n) is 7.86. The molecule has 1 N–H and O–H groups in total. The van der Waals surface area contributed by atoms with Crippen molar-refractivity contribution in [3.63, 3.8) is 0 Å².